The number of hydrogen-bond acceptors (Lipinski definition) is 5. The van der Waals surface area contributed by atoms with E-state index in [9.17, 15) is 14.0 Å². The lowest BCUT2D eigenvalue weighted by Crippen LogP contribution is -2.38. The Morgan fingerprint density at radius 2 is 1.74 bits per heavy atom. The Morgan fingerprint density at radius 3 is 2.35 bits per heavy atom. The summed E-state index contributed by atoms with van der Waals surface area (Å²) in [4.78, 5) is 33.2. The van der Waals surface area contributed by atoms with E-state index >= 15 is 0 Å². The summed E-state index contributed by atoms with van der Waals surface area (Å²) in [7, 11) is 3.86. The number of rotatable bonds is 7. The Hall–Kier alpha value is -3.98. The van der Waals surface area contributed by atoms with E-state index in [4.69, 9.17) is 10.5 Å². The van der Waals surface area contributed by atoms with Crippen LogP contribution in [0.15, 0.2) is 60.7 Å². The van der Waals surface area contributed by atoms with Crippen molar-refractivity contribution < 1.29 is 18.7 Å². The molecule has 1 aliphatic rings. The van der Waals surface area contributed by atoms with Crippen LogP contribution < -0.4 is 10.5 Å². The summed E-state index contributed by atoms with van der Waals surface area (Å²) in [5.41, 5.74) is 7.18. The zero-order chi connectivity index (χ0) is 24.2. The molecule has 2 N–H and O–H groups in total. The molecule has 0 saturated carbocycles. The molecular weight excluding hydrogens is 437 g/mol. The van der Waals surface area contributed by atoms with Gasteiger partial charge < -0.3 is 24.8 Å². The second kappa shape index (κ2) is 9.88. The van der Waals surface area contributed by atoms with Gasteiger partial charge in [-0.1, -0.05) is 6.08 Å². The van der Waals surface area contributed by atoms with Crippen LogP contribution in [0.3, 0.4) is 0 Å². The smallest absolute Gasteiger partial charge is 0.267 e. The van der Waals surface area contributed by atoms with Crippen LogP contribution in [0, 0.1) is 5.82 Å². The third-order valence-electron chi connectivity index (χ3n) is 5.43. The molecule has 0 atom stereocenters. The maximum atomic E-state index is 13.1. The minimum Gasteiger partial charge on any atom is -0.457 e. The Morgan fingerprint density at radius 1 is 1.09 bits per heavy atom. The number of amides is 2. The number of primary amides is 1. The molecule has 9 heteroatoms. The average Bonchev–Trinajstić information content (AvgIpc) is 3.20. The molecule has 2 amide bonds. The van der Waals surface area contributed by atoms with E-state index in [1.165, 1.54) is 12.1 Å². The van der Waals surface area contributed by atoms with Crippen LogP contribution in [0.25, 0.3) is 11.3 Å². The number of imidazole rings is 1. The van der Waals surface area contributed by atoms with Crippen molar-refractivity contribution in [3.8, 4) is 22.8 Å². The number of benzene rings is 2. The number of likely N-dealkylation sites (N-methyl/N-ethyl adjacent to an activating group) is 1. The number of halogens is 1. The minimum absolute atomic E-state index is 0.0967. The first-order valence-electron chi connectivity index (χ1n) is 10.8. The molecular formula is C25H26FN5O3. The summed E-state index contributed by atoms with van der Waals surface area (Å²) in [6.45, 7) is 1.85. The van der Waals surface area contributed by atoms with Gasteiger partial charge in [0.15, 0.2) is 0 Å². The van der Waals surface area contributed by atoms with E-state index < -0.39 is 5.91 Å². The van der Waals surface area contributed by atoms with Crippen molar-refractivity contribution in [2.75, 3.05) is 27.2 Å². The lowest BCUT2D eigenvalue weighted by atomic mass is 10.1. The van der Waals surface area contributed by atoms with Crippen LogP contribution in [-0.4, -0.2) is 58.4 Å². The van der Waals surface area contributed by atoms with Gasteiger partial charge in [0, 0.05) is 31.3 Å². The predicted octanol–water partition coefficient (Wildman–Crippen LogP) is 3.04. The number of fused-ring (bicyclic) bond motifs is 1. The molecule has 176 valence electrons. The Bertz CT molecular complexity index is 1220. The quantitative estimate of drug-likeness (QED) is 0.544. The van der Waals surface area contributed by atoms with E-state index in [2.05, 4.69) is 4.98 Å². The van der Waals surface area contributed by atoms with Crippen molar-refractivity contribution >= 4 is 11.8 Å². The highest BCUT2D eigenvalue weighted by atomic mass is 19.1. The molecule has 8 nitrogen and oxygen atoms in total. The maximum Gasteiger partial charge on any atom is 0.267 e. The standard InChI is InChI=1S/C25H26FN5O3/c1-29(2)13-3-4-22(32)30-14-15-31-21(16-30)28-23(24(31)25(27)33)17-5-9-19(10-6-17)34-20-11-7-18(26)8-12-20/h3-12H,13-16H2,1-2H3,(H2,27,33)/b4-3+. The van der Waals surface area contributed by atoms with Crippen LogP contribution in [-0.2, 0) is 17.9 Å². The Kier molecular flexibility index (Phi) is 6.74. The normalized spacial score (nSPS) is 13.4. The van der Waals surface area contributed by atoms with Crippen LogP contribution in [0.2, 0.25) is 0 Å². The van der Waals surface area contributed by atoms with Crippen molar-refractivity contribution in [1.29, 1.82) is 0 Å². The van der Waals surface area contributed by atoms with Crippen LogP contribution in [0.4, 0.5) is 4.39 Å². The summed E-state index contributed by atoms with van der Waals surface area (Å²) in [5, 5.41) is 0. The highest BCUT2D eigenvalue weighted by Gasteiger charge is 2.28. The Labute approximate surface area is 197 Å². The van der Waals surface area contributed by atoms with Crippen LogP contribution >= 0.6 is 0 Å². The van der Waals surface area contributed by atoms with Gasteiger partial charge in [0.05, 0.1) is 6.54 Å². The second-order valence-electron chi connectivity index (χ2n) is 8.25. The zero-order valence-corrected chi connectivity index (χ0v) is 19.1. The fourth-order valence-electron chi connectivity index (χ4n) is 3.76. The van der Waals surface area contributed by atoms with Gasteiger partial charge in [-0.2, -0.15) is 0 Å². The van der Waals surface area contributed by atoms with E-state index in [0.717, 1.165) is 0 Å². The second-order valence-corrected chi connectivity index (χ2v) is 8.25. The average molecular weight is 464 g/mol. The topological polar surface area (TPSA) is 93.7 Å². The lowest BCUT2D eigenvalue weighted by molar-refractivity contribution is -0.127. The van der Waals surface area contributed by atoms with Gasteiger partial charge in [-0.05, 0) is 62.6 Å². The SMILES string of the molecule is CN(C)C/C=C/C(=O)N1CCn2c(nc(-c3ccc(Oc4ccc(F)cc4)cc3)c2C(N)=O)C1. The number of nitrogens with zero attached hydrogens (tertiary/aromatic N) is 4. The largest absolute Gasteiger partial charge is 0.457 e. The summed E-state index contributed by atoms with van der Waals surface area (Å²) in [6, 6.07) is 12.8. The molecule has 0 saturated heterocycles. The van der Waals surface area contributed by atoms with Crippen molar-refractivity contribution in [2.45, 2.75) is 13.1 Å². The van der Waals surface area contributed by atoms with Gasteiger partial charge in [0.2, 0.25) is 5.91 Å². The van der Waals surface area contributed by atoms with Gasteiger partial charge >= 0.3 is 0 Å². The third kappa shape index (κ3) is 5.15. The Balaban J connectivity index is 1.55. The fourth-order valence-corrected chi connectivity index (χ4v) is 3.76. The minimum atomic E-state index is -0.578. The van der Waals surface area contributed by atoms with Crippen molar-refractivity contribution in [3.63, 3.8) is 0 Å². The molecule has 1 aromatic heterocycles. The van der Waals surface area contributed by atoms with Crippen LogP contribution in [0.5, 0.6) is 11.5 Å². The number of nitrogens with two attached hydrogens (primary N) is 1. The van der Waals surface area contributed by atoms with E-state index in [-0.39, 0.29) is 18.3 Å². The molecule has 3 aromatic rings. The first-order valence-corrected chi connectivity index (χ1v) is 10.8. The third-order valence-corrected chi connectivity index (χ3v) is 5.43. The van der Waals surface area contributed by atoms with Gasteiger partial charge in [-0.3, -0.25) is 9.59 Å². The summed E-state index contributed by atoms with van der Waals surface area (Å²) in [5.74, 6) is 0.660. The van der Waals surface area contributed by atoms with E-state index in [0.29, 0.717) is 53.9 Å². The molecule has 0 unspecified atom stereocenters. The van der Waals surface area contributed by atoms with Gasteiger partial charge in [-0.15, -0.1) is 0 Å². The summed E-state index contributed by atoms with van der Waals surface area (Å²) >= 11 is 0. The molecule has 0 fully saturated rings. The summed E-state index contributed by atoms with van der Waals surface area (Å²) < 4.78 is 20.6. The van der Waals surface area contributed by atoms with Crippen molar-refractivity contribution in [3.05, 3.63) is 78.0 Å². The molecule has 4 rings (SSSR count). The molecule has 0 spiro atoms. The molecule has 2 heterocycles. The van der Waals surface area contributed by atoms with Gasteiger partial charge in [0.1, 0.15) is 34.5 Å². The molecule has 2 aromatic carbocycles. The number of carbonyl (C=O) groups is 2. The molecule has 34 heavy (non-hydrogen) atoms. The summed E-state index contributed by atoms with van der Waals surface area (Å²) in [6.07, 6.45) is 3.38. The monoisotopic (exact) mass is 463 g/mol. The maximum absolute atomic E-state index is 13.1. The first kappa shape index (κ1) is 23.2. The number of hydrogen-bond donors (Lipinski definition) is 1. The zero-order valence-electron chi connectivity index (χ0n) is 19.1. The molecule has 0 radical (unpaired) electrons. The van der Waals surface area contributed by atoms with Crippen molar-refractivity contribution in [2.24, 2.45) is 5.73 Å². The van der Waals surface area contributed by atoms with Gasteiger partial charge in [-0.25, -0.2) is 9.37 Å². The fraction of sp³-hybridized carbons (Fsp3) is 0.240. The van der Waals surface area contributed by atoms with E-state index in [1.807, 2.05) is 25.1 Å². The molecule has 0 bridgehead atoms. The number of carbonyl (C=O) groups excluding carboxylic acids is 2. The number of ether oxygens (including phenoxy) is 1. The van der Waals surface area contributed by atoms with E-state index in [1.54, 1.807) is 51.9 Å². The lowest BCUT2D eigenvalue weighted by Gasteiger charge is -2.27. The first-order chi connectivity index (χ1) is 16.3. The highest BCUT2D eigenvalue weighted by Crippen LogP contribution is 2.29. The van der Waals surface area contributed by atoms with Crippen LogP contribution in [0.1, 0.15) is 16.3 Å². The van der Waals surface area contributed by atoms with Gasteiger partial charge in [0.25, 0.3) is 5.91 Å². The molecule has 1 aliphatic heterocycles. The van der Waals surface area contributed by atoms with Crippen molar-refractivity contribution in [1.82, 2.24) is 19.4 Å². The predicted molar refractivity (Wildman–Crippen MR) is 126 cm³/mol. The molecule has 0 aliphatic carbocycles. The highest BCUT2D eigenvalue weighted by molar-refractivity contribution is 5.97. The number of aromatic nitrogens is 2.